The molecule has 0 radical (unpaired) electrons. The van der Waals surface area contributed by atoms with Crippen LogP contribution in [0.1, 0.15) is 20.8 Å². The number of thioether (sulfide) groups is 2. The summed E-state index contributed by atoms with van der Waals surface area (Å²) in [6.45, 7) is 6.95. The maximum absolute atomic E-state index is 2.32. The summed E-state index contributed by atoms with van der Waals surface area (Å²) in [6.07, 6.45) is 2.22. The molecule has 1 heterocycles. The highest BCUT2D eigenvalue weighted by Crippen LogP contribution is 2.64. The Balaban J connectivity index is 2.52. The van der Waals surface area contributed by atoms with E-state index >= 15 is 0 Å². The zero-order valence-electron chi connectivity index (χ0n) is 6.47. The van der Waals surface area contributed by atoms with E-state index in [1.54, 1.807) is 0 Å². The van der Waals surface area contributed by atoms with E-state index in [-0.39, 0.29) is 0 Å². The minimum atomic E-state index is 0.583. The van der Waals surface area contributed by atoms with Gasteiger partial charge in [-0.1, -0.05) is 20.8 Å². The molecule has 1 fully saturated rings. The van der Waals surface area contributed by atoms with E-state index in [2.05, 4.69) is 38.8 Å². The Bertz CT molecular complexity index is 107. The zero-order valence-corrected chi connectivity index (χ0v) is 8.10. The van der Waals surface area contributed by atoms with Crippen LogP contribution in [0.3, 0.4) is 0 Å². The summed E-state index contributed by atoms with van der Waals surface area (Å²) in [5, 5.41) is 0.882. The molecule has 1 aliphatic heterocycles. The van der Waals surface area contributed by atoms with Crippen LogP contribution in [0.25, 0.3) is 0 Å². The fourth-order valence-electron chi connectivity index (χ4n) is 1.30. The van der Waals surface area contributed by atoms with Crippen molar-refractivity contribution in [2.75, 3.05) is 6.26 Å². The minimum absolute atomic E-state index is 0.583. The smallest absolute Gasteiger partial charge is 0.0750 e. The summed E-state index contributed by atoms with van der Waals surface area (Å²) < 4.78 is 0.583. The van der Waals surface area contributed by atoms with Gasteiger partial charge in [-0.05, 0) is 12.2 Å². The van der Waals surface area contributed by atoms with Crippen molar-refractivity contribution in [2.45, 2.75) is 30.1 Å². The van der Waals surface area contributed by atoms with Crippen molar-refractivity contribution in [2.24, 2.45) is 5.92 Å². The predicted octanol–water partition coefficient (Wildman–Crippen LogP) is 2.84. The standard InChI is InChI=1S/C7H14S2/c1-5(2)7(8-4)6(3)9-7/h5-6H,1-4H3/t6-,7-/m1/s1. The first-order chi connectivity index (χ1) is 4.13. The van der Waals surface area contributed by atoms with Crippen molar-refractivity contribution in [3.05, 3.63) is 0 Å². The maximum Gasteiger partial charge on any atom is 0.0750 e. The van der Waals surface area contributed by atoms with Crippen LogP contribution in [0, 0.1) is 5.92 Å². The predicted molar refractivity (Wildman–Crippen MR) is 48.1 cm³/mol. The van der Waals surface area contributed by atoms with E-state index in [9.17, 15) is 0 Å². The molecule has 2 heteroatoms. The van der Waals surface area contributed by atoms with Crippen molar-refractivity contribution in [1.82, 2.24) is 0 Å². The molecule has 1 saturated heterocycles. The fraction of sp³-hybridized carbons (Fsp3) is 1.00. The summed E-state index contributed by atoms with van der Waals surface area (Å²) >= 11 is 4.13. The van der Waals surface area contributed by atoms with Crippen molar-refractivity contribution in [3.63, 3.8) is 0 Å². The average Bonchev–Trinajstić information content (AvgIpc) is 2.43. The van der Waals surface area contributed by atoms with Crippen LogP contribution in [-0.2, 0) is 0 Å². The molecule has 54 valence electrons. The monoisotopic (exact) mass is 162 g/mol. The second-order valence-electron chi connectivity index (χ2n) is 2.84. The van der Waals surface area contributed by atoms with Gasteiger partial charge in [-0.25, -0.2) is 0 Å². The highest BCUT2D eigenvalue weighted by atomic mass is 32.2. The molecule has 1 rings (SSSR count). The molecular weight excluding hydrogens is 148 g/mol. The molecule has 0 aromatic carbocycles. The Hall–Kier alpha value is 0.700. The zero-order chi connectivity index (χ0) is 7.07. The number of hydrogen-bond acceptors (Lipinski definition) is 2. The lowest BCUT2D eigenvalue weighted by atomic mass is 10.1. The van der Waals surface area contributed by atoms with Crippen LogP contribution in [0.4, 0.5) is 0 Å². The van der Waals surface area contributed by atoms with Gasteiger partial charge in [0.15, 0.2) is 0 Å². The Labute approximate surface area is 66.2 Å². The molecule has 0 bridgehead atoms. The summed E-state index contributed by atoms with van der Waals surface area (Å²) in [4.78, 5) is 0. The highest BCUT2D eigenvalue weighted by molar-refractivity contribution is 8.25. The van der Waals surface area contributed by atoms with Crippen LogP contribution < -0.4 is 0 Å². The highest BCUT2D eigenvalue weighted by Gasteiger charge is 2.54. The summed E-state index contributed by atoms with van der Waals surface area (Å²) in [6, 6.07) is 0. The van der Waals surface area contributed by atoms with Gasteiger partial charge >= 0.3 is 0 Å². The SMILES string of the molecule is CS[C@]1(C(C)C)S[C@@H]1C. The van der Waals surface area contributed by atoms with E-state index in [0.29, 0.717) is 4.08 Å². The molecule has 0 N–H and O–H groups in total. The van der Waals surface area contributed by atoms with Crippen LogP contribution in [0.5, 0.6) is 0 Å². The molecule has 2 atom stereocenters. The molecule has 0 unspecified atom stereocenters. The third-order valence-corrected chi connectivity index (χ3v) is 6.06. The molecule has 0 spiro atoms. The second kappa shape index (κ2) is 2.39. The number of rotatable bonds is 2. The van der Waals surface area contributed by atoms with E-state index < -0.39 is 0 Å². The molecule has 0 amide bonds. The fourth-order valence-corrected chi connectivity index (χ4v) is 4.24. The van der Waals surface area contributed by atoms with Crippen LogP contribution >= 0.6 is 23.5 Å². The molecule has 0 aromatic heterocycles. The largest absolute Gasteiger partial charge is 0.146 e. The molecule has 9 heavy (non-hydrogen) atoms. The Kier molecular flexibility index (Phi) is 2.07. The summed E-state index contributed by atoms with van der Waals surface area (Å²) in [5.74, 6) is 0.826. The first-order valence-electron chi connectivity index (χ1n) is 3.36. The van der Waals surface area contributed by atoms with Crippen LogP contribution in [0.2, 0.25) is 0 Å². The van der Waals surface area contributed by atoms with Crippen LogP contribution in [0.15, 0.2) is 0 Å². The molecule has 0 aliphatic carbocycles. The Morgan fingerprint density at radius 2 is 2.00 bits per heavy atom. The topological polar surface area (TPSA) is 0 Å². The third kappa shape index (κ3) is 1.12. The van der Waals surface area contributed by atoms with Gasteiger partial charge in [0, 0.05) is 5.25 Å². The number of hydrogen-bond donors (Lipinski definition) is 0. The van der Waals surface area contributed by atoms with Gasteiger partial charge < -0.3 is 0 Å². The molecule has 0 nitrogen and oxygen atoms in total. The van der Waals surface area contributed by atoms with E-state index in [4.69, 9.17) is 0 Å². The van der Waals surface area contributed by atoms with Crippen molar-refractivity contribution in [1.29, 1.82) is 0 Å². The average molecular weight is 162 g/mol. The van der Waals surface area contributed by atoms with Gasteiger partial charge in [-0.2, -0.15) is 0 Å². The Morgan fingerprint density at radius 1 is 1.56 bits per heavy atom. The first kappa shape index (κ1) is 7.80. The van der Waals surface area contributed by atoms with Gasteiger partial charge in [-0.15, -0.1) is 23.5 Å². The van der Waals surface area contributed by atoms with Gasteiger partial charge in [0.1, 0.15) is 0 Å². The lowest BCUT2D eigenvalue weighted by Gasteiger charge is -2.14. The molecular formula is C7H14S2. The van der Waals surface area contributed by atoms with Gasteiger partial charge in [0.05, 0.1) is 4.08 Å². The lowest BCUT2D eigenvalue weighted by Crippen LogP contribution is -2.15. The second-order valence-corrected chi connectivity index (χ2v) is 5.80. The Morgan fingerprint density at radius 3 is 2.00 bits per heavy atom. The van der Waals surface area contributed by atoms with Gasteiger partial charge in [0.25, 0.3) is 0 Å². The maximum atomic E-state index is 2.32. The molecule has 0 saturated carbocycles. The minimum Gasteiger partial charge on any atom is -0.146 e. The summed E-state index contributed by atoms with van der Waals surface area (Å²) in [7, 11) is 0. The summed E-state index contributed by atoms with van der Waals surface area (Å²) in [5.41, 5.74) is 0. The van der Waals surface area contributed by atoms with Crippen molar-refractivity contribution in [3.8, 4) is 0 Å². The first-order valence-corrected chi connectivity index (χ1v) is 5.47. The van der Waals surface area contributed by atoms with Crippen LogP contribution in [-0.4, -0.2) is 15.6 Å². The van der Waals surface area contributed by atoms with Gasteiger partial charge in [-0.3, -0.25) is 0 Å². The third-order valence-electron chi connectivity index (χ3n) is 1.99. The van der Waals surface area contributed by atoms with E-state index in [0.717, 1.165) is 11.2 Å². The molecule has 1 aliphatic rings. The van der Waals surface area contributed by atoms with E-state index in [1.165, 1.54) is 0 Å². The van der Waals surface area contributed by atoms with Crippen molar-refractivity contribution < 1.29 is 0 Å². The van der Waals surface area contributed by atoms with Gasteiger partial charge in [0.2, 0.25) is 0 Å². The van der Waals surface area contributed by atoms with Crippen molar-refractivity contribution >= 4 is 23.5 Å². The normalized spacial score (nSPS) is 41.7. The lowest BCUT2D eigenvalue weighted by molar-refractivity contribution is 0.614. The quantitative estimate of drug-likeness (QED) is 0.573. The molecule has 0 aromatic rings. The van der Waals surface area contributed by atoms with E-state index in [1.807, 2.05) is 11.8 Å².